The van der Waals surface area contributed by atoms with Crippen LogP contribution in [-0.4, -0.2) is 37.1 Å². The number of nitrogens with one attached hydrogen (secondary N) is 1. The molecule has 0 aliphatic heterocycles. The summed E-state index contributed by atoms with van der Waals surface area (Å²) in [6.45, 7) is 2.72. The van der Waals surface area contributed by atoms with Crippen molar-refractivity contribution in [1.29, 1.82) is 0 Å². The second-order valence-electron chi connectivity index (χ2n) is 6.57. The summed E-state index contributed by atoms with van der Waals surface area (Å²) in [7, 11) is 2.17. The van der Waals surface area contributed by atoms with Gasteiger partial charge in [0.15, 0.2) is 0 Å². The monoisotopic (exact) mass is 236 g/mol. The van der Waals surface area contributed by atoms with Crippen molar-refractivity contribution in [2.24, 2.45) is 11.8 Å². The van der Waals surface area contributed by atoms with Crippen LogP contribution in [0.5, 0.6) is 0 Å². The topological polar surface area (TPSA) is 15.3 Å². The number of likely N-dealkylation sites (N-methyl/N-ethyl adjacent to an activating group) is 1. The molecule has 0 aromatic carbocycles. The van der Waals surface area contributed by atoms with E-state index in [4.69, 9.17) is 0 Å². The first kappa shape index (κ1) is 12.0. The lowest BCUT2D eigenvalue weighted by atomic mass is 9.97. The Hall–Kier alpha value is -0.0800. The van der Waals surface area contributed by atoms with Crippen molar-refractivity contribution in [1.82, 2.24) is 10.2 Å². The summed E-state index contributed by atoms with van der Waals surface area (Å²) in [5, 5.41) is 3.61. The molecule has 0 saturated heterocycles. The van der Waals surface area contributed by atoms with Crippen molar-refractivity contribution in [3.05, 3.63) is 0 Å². The summed E-state index contributed by atoms with van der Waals surface area (Å²) in [5.41, 5.74) is 0. The molecular formula is C15H28N2. The number of hydrogen-bond acceptors (Lipinski definition) is 2. The average Bonchev–Trinajstić information content (AvgIpc) is 3.25. The molecule has 3 saturated carbocycles. The first-order valence-corrected chi connectivity index (χ1v) is 7.78. The average molecular weight is 236 g/mol. The minimum atomic E-state index is 0.761. The molecule has 1 N–H and O–H groups in total. The van der Waals surface area contributed by atoms with Crippen molar-refractivity contribution < 1.29 is 0 Å². The Kier molecular flexibility index (Phi) is 3.72. The molecule has 0 heterocycles. The fourth-order valence-electron chi connectivity index (χ4n) is 3.53. The zero-order chi connectivity index (χ0) is 11.7. The van der Waals surface area contributed by atoms with Gasteiger partial charge in [-0.15, -0.1) is 0 Å². The van der Waals surface area contributed by atoms with Gasteiger partial charge in [0, 0.05) is 25.2 Å². The van der Waals surface area contributed by atoms with Crippen LogP contribution in [0.2, 0.25) is 0 Å². The van der Waals surface area contributed by atoms with Crippen LogP contribution >= 0.6 is 0 Å². The lowest BCUT2D eigenvalue weighted by molar-refractivity contribution is 0.198. The maximum atomic E-state index is 3.61. The third kappa shape index (κ3) is 3.23. The Labute approximate surface area is 106 Å². The minimum Gasteiger partial charge on any atom is -0.315 e. The van der Waals surface area contributed by atoms with Gasteiger partial charge >= 0.3 is 0 Å². The molecular weight excluding hydrogens is 208 g/mol. The minimum absolute atomic E-state index is 0.761. The molecule has 3 rings (SSSR count). The van der Waals surface area contributed by atoms with Crippen molar-refractivity contribution in [2.45, 2.75) is 63.5 Å². The fraction of sp³-hybridized carbons (Fsp3) is 1.00. The Bertz CT molecular complexity index is 239. The van der Waals surface area contributed by atoms with Crippen LogP contribution in [-0.2, 0) is 0 Å². The smallest absolute Gasteiger partial charge is 0.0220 e. The molecule has 0 amide bonds. The largest absolute Gasteiger partial charge is 0.315 e. The maximum absolute atomic E-state index is 3.61. The molecule has 0 bridgehead atoms. The summed E-state index contributed by atoms with van der Waals surface area (Å²) in [6.07, 6.45) is 11.8. The highest BCUT2D eigenvalue weighted by atomic mass is 15.2. The molecule has 2 nitrogen and oxygen atoms in total. The summed E-state index contributed by atoms with van der Waals surface area (Å²) < 4.78 is 0. The molecule has 3 aliphatic rings. The van der Waals surface area contributed by atoms with E-state index in [-0.39, 0.29) is 0 Å². The van der Waals surface area contributed by atoms with Crippen LogP contribution in [0.15, 0.2) is 0 Å². The van der Waals surface area contributed by atoms with Crippen LogP contribution < -0.4 is 5.32 Å². The fourth-order valence-corrected chi connectivity index (χ4v) is 3.53. The number of nitrogens with zero attached hydrogens (tertiary/aromatic N) is 1. The molecule has 2 heteroatoms. The summed E-state index contributed by atoms with van der Waals surface area (Å²) in [4.78, 5) is 2.82. The first-order valence-electron chi connectivity index (χ1n) is 7.78. The third-order valence-corrected chi connectivity index (χ3v) is 5.02. The summed E-state index contributed by atoms with van der Waals surface area (Å²) >= 11 is 0. The van der Waals surface area contributed by atoms with Gasteiger partial charge in [0.25, 0.3) is 0 Å². The van der Waals surface area contributed by atoms with E-state index in [2.05, 4.69) is 17.3 Å². The second-order valence-corrected chi connectivity index (χ2v) is 6.57. The Morgan fingerprint density at radius 1 is 1.06 bits per heavy atom. The van der Waals surface area contributed by atoms with E-state index in [0.717, 1.165) is 23.9 Å². The SMILES string of the molecule is CNC(CN(CC1CC1)C1CC1)C1CCCC1. The maximum Gasteiger partial charge on any atom is 0.0220 e. The molecule has 1 unspecified atom stereocenters. The highest BCUT2D eigenvalue weighted by Crippen LogP contribution is 2.36. The molecule has 3 fully saturated rings. The number of hydrogen-bond donors (Lipinski definition) is 1. The van der Waals surface area contributed by atoms with Gasteiger partial charge in [-0.25, -0.2) is 0 Å². The van der Waals surface area contributed by atoms with Crippen molar-refractivity contribution >= 4 is 0 Å². The third-order valence-electron chi connectivity index (χ3n) is 5.02. The summed E-state index contributed by atoms with van der Waals surface area (Å²) in [5.74, 6) is 2.01. The van der Waals surface area contributed by atoms with Gasteiger partial charge in [0.2, 0.25) is 0 Å². The van der Waals surface area contributed by atoms with Gasteiger partial charge in [0.05, 0.1) is 0 Å². The molecule has 0 spiro atoms. The van der Waals surface area contributed by atoms with Crippen molar-refractivity contribution in [3.63, 3.8) is 0 Å². The zero-order valence-electron chi connectivity index (χ0n) is 11.3. The highest BCUT2D eigenvalue weighted by Gasteiger charge is 2.36. The van der Waals surface area contributed by atoms with E-state index in [1.165, 1.54) is 64.5 Å². The van der Waals surface area contributed by atoms with Gasteiger partial charge in [-0.1, -0.05) is 12.8 Å². The predicted octanol–water partition coefficient (Wildman–Crippen LogP) is 2.64. The van der Waals surface area contributed by atoms with Crippen molar-refractivity contribution in [3.8, 4) is 0 Å². The van der Waals surface area contributed by atoms with E-state index in [0.29, 0.717) is 0 Å². The van der Waals surface area contributed by atoms with E-state index in [1.54, 1.807) is 0 Å². The van der Waals surface area contributed by atoms with Gasteiger partial charge in [0.1, 0.15) is 0 Å². The van der Waals surface area contributed by atoms with Crippen LogP contribution in [0.4, 0.5) is 0 Å². The first-order chi connectivity index (χ1) is 8.36. The van der Waals surface area contributed by atoms with Crippen LogP contribution in [0.1, 0.15) is 51.4 Å². The van der Waals surface area contributed by atoms with E-state index >= 15 is 0 Å². The van der Waals surface area contributed by atoms with E-state index in [9.17, 15) is 0 Å². The molecule has 0 aromatic heterocycles. The number of rotatable bonds is 7. The zero-order valence-corrected chi connectivity index (χ0v) is 11.3. The molecule has 3 aliphatic carbocycles. The van der Waals surface area contributed by atoms with Crippen LogP contribution in [0, 0.1) is 11.8 Å². The van der Waals surface area contributed by atoms with E-state index < -0.39 is 0 Å². The Balaban J connectivity index is 1.52. The molecule has 0 radical (unpaired) electrons. The van der Waals surface area contributed by atoms with Gasteiger partial charge in [-0.05, 0) is 57.4 Å². The van der Waals surface area contributed by atoms with Crippen LogP contribution in [0.25, 0.3) is 0 Å². The lowest BCUT2D eigenvalue weighted by Gasteiger charge is -2.31. The van der Waals surface area contributed by atoms with Gasteiger partial charge in [-0.2, -0.15) is 0 Å². The molecule has 98 valence electrons. The second kappa shape index (κ2) is 5.27. The van der Waals surface area contributed by atoms with Gasteiger partial charge in [-0.3, -0.25) is 4.90 Å². The molecule has 0 aromatic rings. The predicted molar refractivity (Wildman–Crippen MR) is 72.1 cm³/mol. The quantitative estimate of drug-likeness (QED) is 0.731. The molecule has 1 atom stereocenters. The standard InChI is InChI=1S/C15H28N2/c1-16-15(13-4-2-3-5-13)11-17(14-8-9-14)10-12-6-7-12/h12-16H,2-11H2,1H3. The molecule has 17 heavy (non-hydrogen) atoms. The van der Waals surface area contributed by atoms with Crippen LogP contribution in [0.3, 0.4) is 0 Å². The van der Waals surface area contributed by atoms with E-state index in [1.807, 2.05) is 0 Å². The lowest BCUT2D eigenvalue weighted by Crippen LogP contribution is -2.45. The Morgan fingerprint density at radius 3 is 2.29 bits per heavy atom. The van der Waals surface area contributed by atoms with Gasteiger partial charge < -0.3 is 5.32 Å². The summed E-state index contributed by atoms with van der Waals surface area (Å²) in [6, 6.07) is 1.71. The highest BCUT2D eigenvalue weighted by molar-refractivity contribution is 4.92. The Morgan fingerprint density at radius 2 is 1.76 bits per heavy atom. The normalized spacial score (nSPS) is 27.9. The van der Waals surface area contributed by atoms with Crippen molar-refractivity contribution in [2.75, 3.05) is 20.1 Å².